The first-order chi connectivity index (χ1) is 8.09. The van der Waals surface area contributed by atoms with Crippen LogP contribution in [0.2, 0.25) is 0 Å². The summed E-state index contributed by atoms with van der Waals surface area (Å²) in [6.45, 7) is 4.52. The Hall–Kier alpha value is -1.23. The van der Waals surface area contributed by atoms with Crippen LogP contribution in [-0.2, 0) is 11.2 Å². The molecule has 17 heavy (non-hydrogen) atoms. The zero-order valence-corrected chi connectivity index (χ0v) is 10.5. The molecule has 0 atom stereocenters. The van der Waals surface area contributed by atoms with Crippen LogP contribution in [0.3, 0.4) is 0 Å². The van der Waals surface area contributed by atoms with Crippen molar-refractivity contribution in [2.45, 2.75) is 45.6 Å². The Morgan fingerprint density at radius 2 is 2.29 bits per heavy atom. The van der Waals surface area contributed by atoms with Crippen molar-refractivity contribution in [3.63, 3.8) is 0 Å². The van der Waals surface area contributed by atoms with Gasteiger partial charge in [0.15, 0.2) is 0 Å². The zero-order chi connectivity index (χ0) is 12.5. The number of carbonyl (C=O) groups is 1. The van der Waals surface area contributed by atoms with Crippen LogP contribution in [0.25, 0.3) is 0 Å². The van der Waals surface area contributed by atoms with Gasteiger partial charge in [-0.1, -0.05) is 6.42 Å². The maximum atomic E-state index is 12.3. The number of Topliss-reactive ketones (excluding diaryl/α,β-unsaturated/α-hetero) is 1. The number of hydrogen-bond acceptors (Lipinski definition) is 4. The molecule has 1 aliphatic rings. The number of ketones is 1. The maximum Gasteiger partial charge on any atom is 0.147 e. The number of aromatic nitrogens is 3. The van der Waals surface area contributed by atoms with E-state index in [1.807, 2.05) is 13.8 Å². The van der Waals surface area contributed by atoms with Gasteiger partial charge in [-0.2, -0.15) is 5.10 Å². The molecule has 0 aromatic carbocycles. The molecule has 1 aliphatic carbocycles. The molecule has 1 saturated carbocycles. The third kappa shape index (κ3) is 2.11. The van der Waals surface area contributed by atoms with Crippen LogP contribution in [0.4, 0.5) is 0 Å². The molecular formula is C12H20N4O. The summed E-state index contributed by atoms with van der Waals surface area (Å²) in [6.07, 6.45) is 4.84. The standard InChI is InChI=1S/C12H20N4O/c1-9(2)16-11(14-8-15-16)6-10(17)12(7-13)4-3-5-12/h8-9H,3-7,13H2,1-2H3. The van der Waals surface area contributed by atoms with Gasteiger partial charge in [-0.25, -0.2) is 9.67 Å². The lowest BCUT2D eigenvalue weighted by Gasteiger charge is -2.39. The molecule has 1 heterocycles. The summed E-state index contributed by atoms with van der Waals surface area (Å²) in [5, 5.41) is 4.14. The second kappa shape index (κ2) is 4.56. The highest BCUT2D eigenvalue weighted by Gasteiger charge is 2.42. The average Bonchev–Trinajstić information content (AvgIpc) is 2.65. The van der Waals surface area contributed by atoms with E-state index in [0.29, 0.717) is 13.0 Å². The fraction of sp³-hybridized carbons (Fsp3) is 0.750. The lowest BCUT2D eigenvalue weighted by molar-refractivity contribution is -0.132. The molecule has 0 amide bonds. The van der Waals surface area contributed by atoms with Crippen molar-refractivity contribution in [1.29, 1.82) is 0 Å². The van der Waals surface area contributed by atoms with Crippen molar-refractivity contribution >= 4 is 5.78 Å². The predicted octanol–water partition coefficient (Wildman–Crippen LogP) is 1.10. The third-order valence-corrected chi connectivity index (χ3v) is 3.75. The fourth-order valence-electron chi connectivity index (χ4n) is 2.36. The zero-order valence-electron chi connectivity index (χ0n) is 10.5. The largest absolute Gasteiger partial charge is 0.329 e. The summed E-state index contributed by atoms with van der Waals surface area (Å²) in [5.41, 5.74) is 5.46. The van der Waals surface area contributed by atoms with E-state index in [1.165, 1.54) is 6.33 Å². The molecule has 0 spiro atoms. The van der Waals surface area contributed by atoms with Crippen molar-refractivity contribution in [2.24, 2.45) is 11.1 Å². The van der Waals surface area contributed by atoms with Gasteiger partial charge in [0.1, 0.15) is 17.9 Å². The predicted molar refractivity (Wildman–Crippen MR) is 64.5 cm³/mol. The molecule has 0 radical (unpaired) electrons. The average molecular weight is 236 g/mol. The molecule has 1 aromatic rings. The van der Waals surface area contributed by atoms with Crippen LogP contribution in [0, 0.1) is 5.41 Å². The van der Waals surface area contributed by atoms with E-state index < -0.39 is 0 Å². The van der Waals surface area contributed by atoms with Gasteiger partial charge in [0.05, 0.1) is 6.42 Å². The maximum absolute atomic E-state index is 12.3. The monoisotopic (exact) mass is 236 g/mol. The number of nitrogens with two attached hydrogens (primary N) is 1. The SMILES string of the molecule is CC(C)n1ncnc1CC(=O)C1(CN)CCC1. The molecule has 1 fully saturated rings. The van der Waals surface area contributed by atoms with Crippen molar-refractivity contribution in [3.8, 4) is 0 Å². The summed E-state index contributed by atoms with van der Waals surface area (Å²) in [7, 11) is 0. The summed E-state index contributed by atoms with van der Waals surface area (Å²) >= 11 is 0. The lowest BCUT2D eigenvalue weighted by Crippen LogP contribution is -2.45. The van der Waals surface area contributed by atoms with Crippen molar-refractivity contribution in [1.82, 2.24) is 14.8 Å². The molecule has 0 bridgehead atoms. The van der Waals surface area contributed by atoms with Gasteiger partial charge >= 0.3 is 0 Å². The Morgan fingerprint density at radius 1 is 1.59 bits per heavy atom. The van der Waals surface area contributed by atoms with E-state index in [9.17, 15) is 4.79 Å². The normalized spacial score (nSPS) is 18.1. The Bertz CT molecular complexity index is 401. The minimum Gasteiger partial charge on any atom is -0.329 e. The van der Waals surface area contributed by atoms with Gasteiger partial charge in [-0.15, -0.1) is 0 Å². The van der Waals surface area contributed by atoms with E-state index in [2.05, 4.69) is 10.1 Å². The van der Waals surface area contributed by atoms with Gasteiger partial charge in [0.2, 0.25) is 0 Å². The van der Waals surface area contributed by atoms with Crippen LogP contribution in [-0.4, -0.2) is 27.1 Å². The molecule has 5 nitrogen and oxygen atoms in total. The van der Waals surface area contributed by atoms with Crippen LogP contribution < -0.4 is 5.73 Å². The minimum absolute atomic E-state index is 0.223. The molecule has 2 rings (SSSR count). The van der Waals surface area contributed by atoms with E-state index in [1.54, 1.807) is 4.68 Å². The van der Waals surface area contributed by atoms with Crippen LogP contribution in [0.15, 0.2) is 6.33 Å². The Kier molecular flexibility index (Phi) is 3.28. The Morgan fingerprint density at radius 3 is 2.76 bits per heavy atom. The summed E-state index contributed by atoms with van der Waals surface area (Å²) in [4.78, 5) is 16.4. The molecule has 5 heteroatoms. The van der Waals surface area contributed by atoms with Crippen LogP contribution >= 0.6 is 0 Å². The first kappa shape index (κ1) is 12.2. The smallest absolute Gasteiger partial charge is 0.147 e. The van der Waals surface area contributed by atoms with E-state index in [4.69, 9.17) is 5.73 Å². The highest BCUT2D eigenvalue weighted by Crippen LogP contribution is 2.41. The second-order valence-electron chi connectivity index (χ2n) is 5.15. The highest BCUT2D eigenvalue weighted by molar-refractivity contribution is 5.87. The van der Waals surface area contributed by atoms with Gasteiger partial charge in [-0.05, 0) is 26.7 Å². The third-order valence-electron chi connectivity index (χ3n) is 3.75. The van der Waals surface area contributed by atoms with Crippen LogP contribution in [0.5, 0.6) is 0 Å². The molecule has 0 unspecified atom stereocenters. The van der Waals surface area contributed by atoms with Crippen molar-refractivity contribution in [3.05, 3.63) is 12.2 Å². The first-order valence-electron chi connectivity index (χ1n) is 6.21. The number of carbonyl (C=O) groups excluding carboxylic acids is 1. The number of rotatable bonds is 5. The summed E-state index contributed by atoms with van der Waals surface area (Å²) in [5.74, 6) is 0.978. The Labute approximate surface area is 101 Å². The van der Waals surface area contributed by atoms with E-state index >= 15 is 0 Å². The van der Waals surface area contributed by atoms with Gasteiger partial charge in [0, 0.05) is 18.0 Å². The van der Waals surface area contributed by atoms with Gasteiger partial charge < -0.3 is 5.73 Å². The molecule has 0 saturated heterocycles. The number of hydrogen-bond donors (Lipinski definition) is 1. The summed E-state index contributed by atoms with van der Waals surface area (Å²) in [6, 6.07) is 0.232. The van der Waals surface area contributed by atoms with Crippen LogP contribution in [0.1, 0.15) is 45.0 Å². The van der Waals surface area contributed by atoms with E-state index in [0.717, 1.165) is 25.1 Å². The lowest BCUT2D eigenvalue weighted by atomic mass is 9.65. The van der Waals surface area contributed by atoms with Gasteiger partial charge in [0.25, 0.3) is 0 Å². The summed E-state index contributed by atoms with van der Waals surface area (Å²) < 4.78 is 1.81. The van der Waals surface area contributed by atoms with E-state index in [-0.39, 0.29) is 17.2 Å². The fourth-order valence-corrected chi connectivity index (χ4v) is 2.36. The van der Waals surface area contributed by atoms with Gasteiger partial charge in [-0.3, -0.25) is 4.79 Å². The molecule has 1 aromatic heterocycles. The number of nitrogens with zero attached hydrogens (tertiary/aromatic N) is 3. The molecular weight excluding hydrogens is 216 g/mol. The highest BCUT2D eigenvalue weighted by atomic mass is 16.1. The second-order valence-corrected chi connectivity index (χ2v) is 5.15. The topological polar surface area (TPSA) is 73.8 Å². The molecule has 2 N–H and O–H groups in total. The minimum atomic E-state index is -0.270. The molecule has 0 aliphatic heterocycles. The first-order valence-corrected chi connectivity index (χ1v) is 6.21. The Balaban J connectivity index is 2.10. The van der Waals surface area contributed by atoms with Crippen molar-refractivity contribution < 1.29 is 4.79 Å². The van der Waals surface area contributed by atoms with Crippen molar-refractivity contribution in [2.75, 3.05) is 6.54 Å². The molecule has 94 valence electrons. The quantitative estimate of drug-likeness (QED) is 0.830.